The Labute approximate surface area is 178 Å². The highest BCUT2D eigenvalue weighted by atomic mass is 35.5. The van der Waals surface area contributed by atoms with E-state index in [4.69, 9.17) is 23.2 Å². The molecule has 1 amide bonds. The number of carbonyl (C=O) groups excluding carboxylic acids is 1. The maximum absolute atomic E-state index is 12.4. The maximum atomic E-state index is 12.4. The molecule has 3 rings (SSSR count). The van der Waals surface area contributed by atoms with E-state index in [2.05, 4.69) is 10.2 Å². The third kappa shape index (κ3) is 4.35. The van der Waals surface area contributed by atoms with Crippen LogP contribution in [0.1, 0.15) is 13.8 Å². The molecule has 8 heteroatoms. The Balaban J connectivity index is 2.03. The average molecular weight is 435 g/mol. The topological polar surface area (TPSA) is 51.0 Å². The Bertz CT molecular complexity index is 972. The zero-order valence-corrected chi connectivity index (χ0v) is 17.9. The van der Waals surface area contributed by atoms with Crippen molar-refractivity contribution in [3.63, 3.8) is 0 Å². The number of amides is 1. The van der Waals surface area contributed by atoms with Gasteiger partial charge >= 0.3 is 0 Å². The molecule has 0 unspecified atom stereocenters. The van der Waals surface area contributed by atoms with Crippen LogP contribution in [-0.2, 0) is 4.79 Å². The van der Waals surface area contributed by atoms with E-state index in [-0.39, 0.29) is 11.7 Å². The first kappa shape index (κ1) is 20.7. The summed E-state index contributed by atoms with van der Waals surface area (Å²) in [5.41, 5.74) is 1.49. The number of rotatable bonds is 7. The van der Waals surface area contributed by atoms with Crippen LogP contribution in [0.5, 0.6) is 0 Å². The van der Waals surface area contributed by atoms with Crippen LogP contribution in [-0.4, -0.2) is 44.4 Å². The number of nitrogens with zero attached hydrogens (tertiary/aromatic N) is 4. The predicted octanol–water partition coefficient (Wildman–Crippen LogP) is 5.20. The molecule has 0 N–H and O–H groups in total. The van der Waals surface area contributed by atoms with Crippen molar-refractivity contribution in [2.45, 2.75) is 19.0 Å². The van der Waals surface area contributed by atoms with Crippen molar-refractivity contribution in [3.05, 3.63) is 58.6 Å². The molecule has 0 spiro atoms. The maximum Gasteiger partial charge on any atom is 0.233 e. The molecule has 0 saturated carbocycles. The summed E-state index contributed by atoms with van der Waals surface area (Å²) in [6.07, 6.45) is 0. The summed E-state index contributed by atoms with van der Waals surface area (Å²) < 4.78 is 1.85. The Hall–Kier alpha value is -2.02. The van der Waals surface area contributed by atoms with Gasteiger partial charge in [0, 0.05) is 18.7 Å². The van der Waals surface area contributed by atoms with E-state index in [0.717, 1.165) is 11.3 Å². The molecular formula is C20H20Cl2N4OS. The van der Waals surface area contributed by atoms with Crippen LogP contribution in [0.4, 0.5) is 0 Å². The molecule has 0 atom stereocenters. The molecule has 146 valence electrons. The molecule has 0 fully saturated rings. The number of benzene rings is 2. The fraction of sp³-hybridized carbons (Fsp3) is 0.250. The summed E-state index contributed by atoms with van der Waals surface area (Å²) in [5.74, 6) is 0.909. The fourth-order valence-corrected chi connectivity index (χ4v) is 4.11. The SMILES string of the molecule is CCN(CC)C(=O)CSc1nnc(-c2ccccc2Cl)n1-c1ccccc1Cl. The van der Waals surface area contributed by atoms with Gasteiger partial charge in [-0.05, 0) is 38.1 Å². The number of para-hydroxylation sites is 1. The monoisotopic (exact) mass is 434 g/mol. The summed E-state index contributed by atoms with van der Waals surface area (Å²) in [5, 5.41) is 10.4. The number of hydrogen-bond acceptors (Lipinski definition) is 4. The van der Waals surface area contributed by atoms with E-state index in [1.54, 1.807) is 11.0 Å². The van der Waals surface area contributed by atoms with Crippen molar-refractivity contribution in [1.82, 2.24) is 19.7 Å². The van der Waals surface area contributed by atoms with Gasteiger partial charge in [0.1, 0.15) is 0 Å². The molecule has 1 aromatic heterocycles. The molecule has 5 nitrogen and oxygen atoms in total. The van der Waals surface area contributed by atoms with Crippen LogP contribution >= 0.6 is 35.0 Å². The van der Waals surface area contributed by atoms with Gasteiger partial charge in [0.15, 0.2) is 11.0 Å². The van der Waals surface area contributed by atoms with Gasteiger partial charge in [-0.3, -0.25) is 9.36 Å². The Morgan fingerprint density at radius 3 is 2.29 bits per heavy atom. The first-order valence-corrected chi connectivity index (χ1v) is 10.7. The van der Waals surface area contributed by atoms with Gasteiger partial charge in [-0.2, -0.15) is 0 Å². The van der Waals surface area contributed by atoms with E-state index >= 15 is 0 Å². The molecule has 0 aliphatic carbocycles. The molecule has 0 bridgehead atoms. The normalized spacial score (nSPS) is 10.9. The first-order valence-electron chi connectivity index (χ1n) is 8.92. The lowest BCUT2D eigenvalue weighted by Gasteiger charge is -2.18. The third-order valence-electron chi connectivity index (χ3n) is 4.28. The smallest absolute Gasteiger partial charge is 0.233 e. The fourth-order valence-electron chi connectivity index (χ4n) is 2.82. The van der Waals surface area contributed by atoms with Gasteiger partial charge in [0.2, 0.25) is 5.91 Å². The molecule has 28 heavy (non-hydrogen) atoms. The number of halogens is 2. The molecule has 1 heterocycles. The quantitative estimate of drug-likeness (QED) is 0.479. The Kier molecular flexibility index (Phi) is 6.99. The Morgan fingerprint density at radius 1 is 1.00 bits per heavy atom. The minimum atomic E-state index is 0.0583. The summed E-state index contributed by atoms with van der Waals surface area (Å²) >= 11 is 14.2. The van der Waals surface area contributed by atoms with Crippen molar-refractivity contribution >= 4 is 40.9 Å². The van der Waals surface area contributed by atoms with Gasteiger partial charge in [-0.15, -0.1) is 10.2 Å². The third-order valence-corrected chi connectivity index (χ3v) is 5.85. The summed E-state index contributed by atoms with van der Waals surface area (Å²) in [6, 6.07) is 14.9. The largest absolute Gasteiger partial charge is 0.343 e. The lowest BCUT2D eigenvalue weighted by molar-refractivity contribution is -0.127. The summed E-state index contributed by atoms with van der Waals surface area (Å²) in [6.45, 7) is 5.29. The number of hydrogen-bond donors (Lipinski definition) is 0. The first-order chi connectivity index (χ1) is 13.6. The van der Waals surface area contributed by atoms with Crippen LogP contribution in [0.3, 0.4) is 0 Å². The molecule has 0 saturated heterocycles. The van der Waals surface area contributed by atoms with Gasteiger partial charge in [0.05, 0.1) is 21.5 Å². The lowest BCUT2D eigenvalue weighted by atomic mass is 10.2. The van der Waals surface area contributed by atoms with Crippen molar-refractivity contribution in [3.8, 4) is 17.1 Å². The van der Waals surface area contributed by atoms with Gasteiger partial charge in [0.25, 0.3) is 0 Å². The number of thioether (sulfide) groups is 1. The zero-order valence-electron chi connectivity index (χ0n) is 15.6. The zero-order chi connectivity index (χ0) is 20.1. The molecule has 0 aliphatic heterocycles. The minimum Gasteiger partial charge on any atom is -0.343 e. The highest BCUT2D eigenvalue weighted by Crippen LogP contribution is 2.34. The minimum absolute atomic E-state index is 0.0583. The van der Waals surface area contributed by atoms with Crippen LogP contribution in [0.2, 0.25) is 10.0 Å². The van der Waals surface area contributed by atoms with Crippen molar-refractivity contribution in [2.75, 3.05) is 18.8 Å². The van der Waals surface area contributed by atoms with Crippen LogP contribution in [0.15, 0.2) is 53.7 Å². The van der Waals surface area contributed by atoms with Gasteiger partial charge in [-0.1, -0.05) is 59.2 Å². The molecule has 0 radical (unpaired) electrons. The second kappa shape index (κ2) is 9.45. The van der Waals surface area contributed by atoms with Crippen molar-refractivity contribution < 1.29 is 4.79 Å². The second-order valence-corrected chi connectivity index (χ2v) is 7.68. The number of carbonyl (C=O) groups is 1. The summed E-state index contributed by atoms with van der Waals surface area (Å²) in [7, 11) is 0. The van der Waals surface area contributed by atoms with Crippen molar-refractivity contribution in [1.29, 1.82) is 0 Å². The Morgan fingerprint density at radius 2 is 1.64 bits per heavy atom. The van der Waals surface area contributed by atoms with E-state index in [1.807, 2.05) is 60.9 Å². The standard InChI is InChI=1S/C20H20Cl2N4OS/c1-3-25(4-2)18(27)13-28-20-24-23-19(14-9-5-6-10-15(14)21)26(20)17-12-8-7-11-16(17)22/h5-12H,3-4,13H2,1-2H3. The molecule has 0 aliphatic rings. The van der Waals surface area contributed by atoms with Crippen LogP contribution in [0.25, 0.3) is 17.1 Å². The van der Waals surface area contributed by atoms with Crippen LogP contribution in [0, 0.1) is 0 Å². The van der Waals surface area contributed by atoms with Crippen molar-refractivity contribution in [2.24, 2.45) is 0 Å². The van der Waals surface area contributed by atoms with E-state index in [1.165, 1.54) is 11.8 Å². The van der Waals surface area contributed by atoms with E-state index in [9.17, 15) is 4.79 Å². The molecular weight excluding hydrogens is 415 g/mol. The van der Waals surface area contributed by atoms with Gasteiger partial charge < -0.3 is 4.90 Å². The average Bonchev–Trinajstić information content (AvgIpc) is 3.11. The predicted molar refractivity (Wildman–Crippen MR) is 115 cm³/mol. The van der Waals surface area contributed by atoms with Gasteiger partial charge in [-0.25, -0.2) is 0 Å². The van der Waals surface area contributed by atoms with E-state index in [0.29, 0.717) is 34.1 Å². The van der Waals surface area contributed by atoms with E-state index < -0.39 is 0 Å². The molecule has 3 aromatic rings. The second-order valence-electron chi connectivity index (χ2n) is 5.93. The van der Waals surface area contributed by atoms with Crippen LogP contribution < -0.4 is 0 Å². The summed E-state index contributed by atoms with van der Waals surface area (Å²) in [4.78, 5) is 14.2. The lowest BCUT2D eigenvalue weighted by Crippen LogP contribution is -2.31. The molecule has 2 aromatic carbocycles. The highest BCUT2D eigenvalue weighted by Gasteiger charge is 2.21. The highest BCUT2D eigenvalue weighted by molar-refractivity contribution is 7.99. The number of aromatic nitrogens is 3.